The zero-order valence-electron chi connectivity index (χ0n) is 10.5. The van der Waals surface area contributed by atoms with Crippen LogP contribution in [0.4, 0.5) is 0 Å². The number of rotatable bonds is 3. The maximum absolute atomic E-state index is 10.9. The minimum atomic E-state index is -1.02. The van der Waals surface area contributed by atoms with E-state index in [9.17, 15) is 4.79 Å². The summed E-state index contributed by atoms with van der Waals surface area (Å²) in [5.74, 6) is -0.250. The molecule has 0 aliphatic rings. The van der Waals surface area contributed by atoms with Gasteiger partial charge in [0.1, 0.15) is 5.75 Å². The Bertz CT molecular complexity index is 602. The summed E-state index contributed by atoms with van der Waals surface area (Å²) in [5.41, 5.74) is 2.77. The van der Waals surface area contributed by atoms with Gasteiger partial charge in [0.25, 0.3) is 0 Å². The minimum absolute atomic E-state index is 0.0442. The first kappa shape index (κ1) is 12.2. The maximum atomic E-state index is 10.9. The number of hydrogen-bond acceptors (Lipinski definition) is 3. The smallest absolute Gasteiger partial charge is 0.356 e. The van der Waals surface area contributed by atoms with E-state index in [0.717, 1.165) is 22.6 Å². The summed E-state index contributed by atoms with van der Waals surface area (Å²) in [4.78, 5) is 10.9. The highest BCUT2D eigenvalue weighted by molar-refractivity contribution is 5.87. The van der Waals surface area contributed by atoms with Crippen LogP contribution in [0.25, 0.3) is 11.3 Å². The van der Waals surface area contributed by atoms with Crippen LogP contribution in [-0.4, -0.2) is 28.0 Å². The number of nitrogens with zero attached hydrogens (tertiary/aromatic N) is 2. The fourth-order valence-corrected chi connectivity index (χ4v) is 1.87. The largest absolute Gasteiger partial charge is 0.497 e. The van der Waals surface area contributed by atoms with Crippen molar-refractivity contribution in [2.45, 2.75) is 6.92 Å². The first-order valence-corrected chi connectivity index (χ1v) is 5.45. The van der Waals surface area contributed by atoms with Gasteiger partial charge < -0.3 is 9.84 Å². The molecule has 1 aromatic carbocycles. The van der Waals surface area contributed by atoms with Gasteiger partial charge in [-0.15, -0.1) is 0 Å². The fraction of sp³-hybridized carbons (Fsp3) is 0.231. The molecule has 0 aliphatic heterocycles. The Labute approximate surface area is 105 Å². The molecule has 0 atom stereocenters. The predicted octanol–water partition coefficient (Wildman–Crippen LogP) is 2.10. The topological polar surface area (TPSA) is 64.3 Å². The van der Waals surface area contributed by atoms with E-state index in [-0.39, 0.29) is 5.69 Å². The summed E-state index contributed by atoms with van der Waals surface area (Å²) >= 11 is 0. The molecule has 1 heterocycles. The van der Waals surface area contributed by atoms with Crippen molar-refractivity contribution in [3.05, 3.63) is 35.5 Å². The van der Waals surface area contributed by atoms with Gasteiger partial charge in [-0.1, -0.05) is 0 Å². The SMILES string of the molecule is COc1ccc(-c2cc(C(=O)O)nn2C)c(C)c1. The number of carboxylic acid groups (broad SMARTS) is 1. The van der Waals surface area contributed by atoms with Crippen LogP contribution >= 0.6 is 0 Å². The Hall–Kier alpha value is -2.30. The number of aromatic nitrogens is 2. The van der Waals surface area contributed by atoms with Crippen LogP contribution in [0.1, 0.15) is 16.1 Å². The standard InChI is InChI=1S/C13H14N2O3/c1-8-6-9(18-3)4-5-10(8)12-7-11(13(16)17)14-15(12)2/h4-7H,1-3H3,(H,16,17). The van der Waals surface area contributed by atoms with Crippen LogP contribution in [0, 0.1) is 6.92 Å². The van der Waals surface area contributed by atoms with Gasteiger partial charge in [-0.3, -0.25) is 4.68 Å². The van der Waals surface area contributed by atoms with Gasteiger partial charge in [0.15, 0.2) is 5.69 Å². The van der Waals surface area contributed by atoms with Crippen molar-refractivity contribution in [2.75, 3.05) is 7.11 Å². The second-order valence-corrected chi connectivity index (χ2v) is 4.02. The number of ether oxygens (including phenoxy) is 1. The molecule has 5 heteroatoms. The van der Waals surface area contributed by atoms with Crippen LogP contribution in [0.15, 0.2) is 24.3 Å². The first-order chi connectivity index (χ1) is 8.52. The van der Waals surface area contributed by atoms with Crippen LogP contribution in [0.2, 0.25) is 0 Å². The Kier molecular flexibility index (Phi) is 3.06. The molecular weight excluding hydrogens is 232 g/mol. The third-order valence-electron chi connectivity index (χ3n) is 2.81. The first-order valence-electron chi connectivity index (χ1n) is 5.45. The maximum Gasteiger partial charge on any atom is 0.356 e. The van der Waals surface area contributed by atoms with Gasteiger partial charge in [-0.05, 0) is 36.8 Å². The number of benzene rings is 1. The number of methoxy groups -OCH3 is 1. The molecule has 0 unspecified atom stereocenters. The molecule has 2 aromatic rings. The van der Waals surface area contributed by atoms with Crippen molar-refractivity contribution >= 4 is 5.97 Å². The number of carboxylic acids is 1. The van der Waals surface area contributed by atoms with Gasteiger partial charge in [-0.2, -0.15) is 5.10 Å². The molecule has 94 valence electrons. The monoisotopic (exact) mass is 246 g/mol. The van der Waals surface area contributed by atoms with E-state index in [2.05, 4.69) is 5.10 Å². The molecule has 1 aromatic heterocycles. The number of carbonyl (C=O) groups is 1. The molecule has 1 N–H and O–H groups in total. The van der Waals surface area contributed by atoms with Crippen molar-refractivity contribution in [1.29, 1.82) is 0 Å². The van der Waals surface area contributed by atoms with Crippen molar-refractivity contribution in [3.63, 3.8) is 0 Å². The average Bonchev–Trinajstić information content (AvgIpc) is 2.71. The second-order valence-electron chi connectivity index (χ2n) is 4.02. The molecule has 0 bridgehead atoms. The van der Waals surface area contributed by atoms with Crippen molar-refractivity contribution in [3.8, 4) is 17.0 Å². The summed E-state index contributed by atoms with van der Waals surface area (Å²) in [6.45, 7) is 1.95. The predicted molar refractivity (Wildman–Crippen MR) is 66.9 cm³/mol. The van der Waals surface area contributed by atoms with E-state index in [1.165, 1.54) is 0 Å². The van der Waals surface area contributed by atoms with Crippen LogP contribution in [0.3, 0.4) is 0 Å². The summed E-state index contributed by atoms with van der Waals surface area (Å²) < 4.78 is 6.71. The molecule has 2 rings (SSSR count). The number of hydrogen-bond donors (Lipinski definition) is 1. The van der Waals surface area contributed by atoms with Crippen molar-refractivity contribution < 1.29 is 14.6 Å². The average molecular weight is 246 g/mol. The molecular formula is C13H14N2O3. The van der Waals surface area contributed by atoms with Crippen molar-refractivity contribution in [1.82, 2.24) is 9.78 Å². The molecule has 0 saturated carbocycles. The lowest BCUT2D eigenvalue weighted by molar-refractivity contribution is 0.0689. The Morgan fingerprint density at radius 3 is 2.61 bits per heavy atom. The third kappa shape index (κ3) is 2.07. The van der Waals surface area contributed by atoms with Crippen LogP contribution in [-0.2, 0) is 7.05 Å². The molecule has 0 amide bonds. The molecule has 0 radical (unpaired) electrons. The third-order valence-corrected chi connectivity index (χ3v) is 2.81. The Balaban J connectivity index is 2.51. The number of aromatic carboxylic acids is 1. The van der Waals surface area contributed by atoms with Gasteiger partial charge in [0, 0.05) is 12.6 Å². The molecule has 0 fully saturated rings. The lowest BCUT2D eigenvalue weighted by Crippen LogP contribution is -1.99. The van der Waals surface area contributed by atoms with E-state index < -0.39 is 5.97 Å². The van der Waals surface area contributed by atoms with Crippen molar-refractivity contribution in [2.24, 2.45) is 7.05 Å². The van der Waals surface area contributed by atoms with Gasteiger partial charge in [0.2, 0.25) is 0 Å². The Morgan fingerprint density at radius 2 is 2.11 bits per heavy atom. The van der Waals surface area contributed by atoms with E-state index in [4.69, 9.17) is 9.84 Å². The van der Waals surface area contributed by atoms with E-state index in [0.29, 0.717) is 0 Å². The van der Waals surface area contributed by atoms with Gasteiger partial charge >= 0.3 is 5.97 Å². The van der Waals surface area contributed by atoms with Crippen LogP contribution in [0.5, 0.6) is 5.75 Å². The van der Waals surface area contributed by atoms with E-state index in [1.807, 2.05) is 25.1 Å². The highest BCUT2D eigenvalue weighted by atomic mass is 16.5. The lowest BCUT2D eigenvalue weighted by Gasteiger charge is -2.08. The highest BCUT2D eigenvalue weighted by Gasteiger charge is 2.14. The molecule has 5 nitrogen and oxygen atoms in total. The number of aryl methyl sites for hydroxylation is 2. The molecule has 0 spiro atoms. The minimum Gasteiger partial charge on any atom is -0.497 e. The van der Waals surface area contributed by atoms with E-state index in [1.54, 1.807) is 24.9 Å². The summed E-state index contributed by atoms with van der Waals surface area (Å²) in [6.07, 6.45) is 0. The second kappa shape index (κ2) is 4.52. The molecule has 0 saturated heterocycles. The Morgan fingerprint density at radius 1 is 1.39 bits per heavy atom. The zero-order valence-corrected chi connectivity index (χ0v) is 10.5. The highest BCUT2D eigenvalue weighted by Crippen LogP contribution is 2.27. The quantitative estimate of drug-likeness (QED) is 0.900. The molecule has 18 heavy (non-hydrogen) atoms. The van der Waals surface area contributed by atoms with Crippen LogP contribution < -0.4 is 4.74 Å². The van der Waals surface area contributed by atoms with E-state index >= 15 is 0 Å². The summed E-state index contributed by atoms with van der Waals surface area (Å²) in [5, 5.41) is 12.9. The fourth-order valence-electron chi connectivity index (χ4n) is 1.87. The van der Waals surface area contributed by atoms with Gasteiger partial charge in [-0.25, -0.2) is 4.79 Å². The normalized spacial score (nSPS) is 10.4. The lowest BCUT2D eigenvalue weighted by atomic mass is 10.1. The summed E-state index contributed by atoms with van der Waals surface area (Å²) in [7, 11) is 3.34. The van der Waals surface area contributed by atoms with Gasteiger partial charge in [0.05, 0.1) is 12.8 Å². The molecule has 0 aliphatic carbocycles. The summed E-state index contributed by atoms with van der Waals surface area (Å²) in [6, 6.07) is 7.21. The zero-order chi connectivity index (χ0) is 13.3.